The molecule has 0 radical (unpaired) electrons. The van der Waals surface area contributed by atoms with Crippen molar-refractivity contribution in [3.8, 4) is 11.1 Å². The Morgan fingerprint density at radius 2 is 1.89 bits per heavy atom. The number of nitrogens with zero attached hydrogens (tertiary/aromatic N) is 6. The zero-order valence-electron chi connectivity index (χ0n) is 25.5. The highest BCUT2D eigenvalue weighted by Gasteiger charge is 2.41. The Bertz CT molecular complexity index is 1710. The van der Waals surface area contributed by atoms with E-state index in [4.69, 9.17) is 16.3 Å². The van der Waals surface area contributed by atoms with Gasteiger partial charge in [0.2, 0.25) is 5.91 Å². The van der Waals surface area contributed by atoms with E-state index in [0.717, 1.165) is 60.0 Å². The van der Waals surface area contributed by atoms with Crippen molar-refractivity contribution < 1.29 is 19.4 Å². The largest absolute Gasteiger partial charge is 0.390 e. The van der Waals surface area contributed by atoms with Crippen molar-refractivity contribution in [2.24, 2.45) is 5.92 Å². The van der Waals surface area contributed by atoms with E-state index in [2.05, 4.69) is 37.1 Å². The van der Waals surface area contributed by atoms with Crippen molar-refractivity contribution in [3.63, 3.8) is 0 Å². The first-order valence-electron chi connectivity index (χ1n) is 15.8. The van der Waals surface area contributed by atoms with Gasteiger partial charge in [-0.3, -0.25) is 14.5 Å². The first kappa shape index (κ1) is 31.1. The minimum atomic E-state index is -0.402. The molecular weight excluding hydrogens is 626 g/mol. The van der Waals surface area contributed by atoms with Crippen LogP contribution in [0.1, 0.15) is 55.3 Å². The molecule has 0 bridgehead atoms. The number of piperazine rings is 1. The van der Waals surface area contributed by atoms with Crippen LogP contribution in [0.4, 0.5) is 5.13 Å². The number of halogens is 1. The minimum Gasteiger partial charge on any atom is -0.390 e. The fourth-order valence-electron chi connectivity index (χ4n) is 6.66. The molecule has 46 heavy (non-hydrogen) atoms. The van der Waals surface area contributed by atoms with Gasteiger partial charge in [0.15, 0.2) is 11.0 Å². The summed E-state index contributed by atoms with van der Waals surface area (Å²) in [7, 11) is 0. The molecule has 0 spiro atoms. The number of anilines is 1. The van der Waals surface area contributed by atoms with Crippen LogP contribution in [-0.4, -0.2) is 90.6 Å². The van der Waals surface area contributed by atoms with E-state index in [9.17, 15) is 14.7 Å². The number of aromatic nitrogens is 4. The van der Waals surface area contributed by atoms with Crippen LogP contribution >= 0.6 is 22.9 Å². The molecule has 4 heterocycles. The predicted octanol–water partition coefficient (Wildman–Crippen LogP) is 4.80. The van der Waals surface area contributed by atoms with Crippen LogP contribution < -0.4 is 5.32 Å². The molecule has 3 aromatic heterocycles. The second kappa shape index (κ2) is 13.3. The van der Waals surface area contributed by atoms with E-state index in [0.29, 0.717) is 40.8 Å². The Morgan fingerprint density at radius 1 is 1.07 bits per heavy atom. The van der Waals surface area contributed by atoms with Crippen molar-refractivity contribution in [2.45, 2.75) is 69.9 Å². The Labute approximate surface area is 276 Å². The van der Waals surface area contributed by atoms with Crippen LogP contribution in [0.15, 0.2) is 48.9 Å². The quantitative estimate of drug-likeness (QED) is 0.273. The smallest absolute Gasteiger partial charge is 0.272 e. The fourth-order valence-corrected chi connectivity index (χ4v) is 7.68. The molecule has 240 valence electrons. The van der Waals surface area contributed by atoms with Crippen molar-refractivity contribution in [1.82, 2.24) is 29.7 Å². The second-order valence-corrected chi connectivity index (χ2v) is 13.9. The number of hydrogen-bond acceptors (Lipinski definition) is 10. The lowest BCUT2D eigenvalue weighted by molar-refractivity contribution is -0.125. The molecule has 13 heteroatoms. The van der Waals surface area contributed by atoms with E-state index in [-0.39, 0.29) is 36.5 Å². The summed E-state index contributed by atoms with van der Waals surface area (Å²) in [6.45, 7) is 4.44. The average molecular weight is 662 g/mol. The lowest BCUT2D eigenvalue weighted by Gasteiger charge is -2.49. The molecule has 4 aromatic rings. The van der Waals surface area contributed by atoms with Crippen molar-refractivity contribution >= 4 is 50.1 Å². The summed E-state index contributed by atoms with van der Waals surface area (Å²) >= 11 is 7.37. The number of rotatable bonds is 8. The van der Waals surface area contributed by atoms with Gasteiger partial charge < -0.3 is 20.1 Å². The third-order valence-electron chi connectivity index (χ3n) is 9.37. The standard InChI is InChI=1S/C33H36ClN7O4S/c1-19-17-40(32(44)26-8-6-23(34)16-35-26)9-10-41(19)24-11-21(12-24)31(43)39-33-38-25-7-5-20(13-29(25)46-33)22-14-36-30(37-15-22)18-45-28-4-2-3-27(28)42/h5-8,13-16,19,21,24,27-28,42H,2-4,9-12,17-18H2,1H3,(H,38,39,43)/t19-,21-,24+,27-,28-/m0/s1. The van der Waals surface area contributed by atoms with Gasteiger partial charge in [-0.2, -0.15) is 0 Å². The van der Waals surface area contributed by atoms with E-state index in [1.54, 1.807) is 24.5 Å². The first-order chi connectivity index (χ1) is 22.3. The zero-order valence-corrected chi connectivity index (χ0v) is 27.1. The fraction of sp³-hybridized carbons (Fsp3) is 0.455. The third-order valence-corrected chi connectivity index (χ3v) is 10.5. The number of ether oxygens (including phenoxy) is 1. The molecule has 2 N–H and O–H groups in total. The maximum atomic E-state index is 13.1. The number of carbonyl (C=O) groups is 2. The normalized spacial score (nSPS) is 25.0. The van der Waals surface area contributed by atoms with Crippen molar-refractivity contribution in [1.29, 1.82) is 0 Å². The Kier molecular flexibility index (Phi) is 8.97. The predicted molar refractivity (Wildman–Crippen MR) is 176 cm³/mol. The molecule has 7 rings (SSSR count). The van der Waals surface area contributed by atoms with Crippen LogP contribution in [0.25, 0.3) is 21.3 Å². The number of pyridine rings is 1. The van der Waals surface area contributed by atoms with Gasteiger partial charge in [0, 0.05) is 61.8 Å². The SMILES string of the molecule is C[C@H]1CN(C(=O)c2ccc(Cl)cn2)CCN1[C@H]1C[C@@H](C(=O)Nc2nc3ccc(-c4cnc(CO[C@H]5CCC[C@@H]5O)nc4)cc3s2)C1. The third kappa shape index (κ3) is 6.63. The van der Waals surface area contributed by atoms with Crippen LogP contribution in [0, 0.1) is 5.92 Å². The number of carbonyl (C=O) groups excluding carboxylic acids is 2. The van der Waals surface area contributed by atoms with Crippen LogP contribution in [0.3, 0.4) is 0 Å². The highest BCUT2D eigenvalue weighted by molar-refractivity contribution is 7.22. The topological polar surface area (TPSA) is 134 Å². The Morgan fingerprint density at radius 3 is 2.61 bits per heavy atom. The van der Waals surface area contributed by atoms with Gasteiger partial charge in [0.05, 0.1) is 27.4 Å². The lowest BCUT2D eigenvalue weighted by atomic mass is 9.78. The summed E-state index contributed by atoms with van der Waals surface area (Å²) in [5, 5.41) is 14.1. The number of nitrogens with one attached hydrogen (secondary N) is 1. The highest BCUT2D eigenvalue weighted by Crippen LogP contribution is 2.36. The highest BCUT2D eigenvalue weighted by atomic mass is 35.5. The zero-order chi connectivity index (χ0) is 31.8. The number of aliphatic hydroxyl groups excluding tert-OH is 1. The maximum absolute atomic E-state index is 13.1. The minimum absolute atomic E-state index is 0.00198. The number of amides is 2. The number of thiazole rings is 1. The molecule has 2 amide bonds. The molecular formula is C33H36ClN7O4S. The Hall–Kier alpha value is -3.55. The van der Waals surface area contributed by atoms with Gasteiger partial charge in [0.1, 0.15) is 12.3 Å². The van der Waals surface area contributed by atoms with E-state index >= 15 is 0 Å². The van der Waals surface area contributed by atoms with E-state index in [1.165, 1.54) is 17.5 Å². The number of hydrogen-bond donors (Lipinski definition) is 2. The number of fused-ring (bicyclic) bond motifs is 1. The van der Waals surface area contributed by atoms with Crippen LogP contribution in [0.2, 0.25) is 5.02 Å². The van der Waals surface area contributed by atoms with Gasteiger partial charge >= 0.3 is 0 Å². The van der Waals surface area contributed by atoms with Gasteiger partial charge in [0.25, 0.3) is 5.91 Å². The Balaban J connectivity index is 0.900. The molecule has 2 aliphatic carbocycles. The van der Waals surface area contributed by atoms with Crippen LogP contribution in [0.5, 0.6) is 0 Å². The van der Waals surface area contributed by atoms with Gasteiger partial charge in [-0.05, 0) is 68.9 Å². The summed E-state index contributed by atoms with van der Waals surface area (Å²) in [6.07, 6.45) is 8.73. The first-order valence-corrected chi connectivity index (χ1v) is 17.0. The van der Waals surface area contributed by atoms with Gasteiger partial charge in [-0.15, -0.1) is 0 Å². The van der Waals surface area contributed by atoms with E-state index in [1.807, 2.05) is 23.1 Å². The molecule has 0 unspecified atom stereocenters. The summed E-state index contributed by atoms with van der Waals surface area (Å²) in [4.78, 5) is 48.0. The van der Waals surface area contributed by atoms with Crippen LogP contribution in [-0.2, 0) is 16.1 Å². The second-order valence-electron chi connectivity index (χ2n) is 12.4. The van der Waals surface area contributed by atoms with E-state index < -0.39 is 6.10 Å². The van der Waals surface area contributed by atoms with Crippen molar-refractivity contribution in [3.05, 3.63) is 65.5 Å². The lowest BCUT2D eigenvalue weighted by Crippen LogP contribution is -2.60. The molecule has 1 aromatic carbocycles. The number of benzene rings is 1. The summed E-state index contributed by atoms with van der Waals surface area (Å²) < 4.78 is 6.77. The molecule has 3 atom stereocenters. The average Bonchev–Trinajstić information content (AvgIpc) is 3.64. The molecule has 1 saturated heterocycles. The summed E-state index contributed by atoms with van der Waals surface area (Å²) in [6, 6.07) is 9.84. The number of aliphatic hydroxyl groups is 1. The molecule has 3 fully saturated rings. The van der Waals surface area contributed by atoms with Gasteiger partial charge in [-0.1, -0.05) is 29.0 Å². The molecule has 11 nitrogen and oxygen atoms in total. The summed E-state index contributed by atoms with van der Waals surface area (Å²) in [5.74, 6) is 0.449. The molecule has 3 aliphatic rings. The molecule has 2 saturated carbocycles. The summed E-state index contributed by atoms with van der Waals surface area (Å²) in [5.41, 5.74) is 3.08. The van der Waals surface area contributed by atoms with Gasteiger partial charge in [-0.25, -0.2) is 19.9 Å². The van der Waals surface area contributed by atoms with Crippen molar-refractivity contribution in [2.75, 3.05) is 25.0 Å². The monoisotopic (exact) mass is 661 g/mol. The molecule has 1 aliphatic heterocycles. The maximum Gasteiger partial charge on any atom is 0.272 e.